The first-order valence-electron chi connectivity index (χ1n) is 6.79. The van der Waals surface area contributed by atoms with Gasteiger partial charge in [-0.25, -0.2) is 0 Å². The van der Waals surface area contributed by atoms with Gasteiger partial charge in [0.2, 0.25) is 0 Å². The van der Waals surface area contributed by atoms with Crippen LogP contribution in [0.5, 0.6) is 0 Å². The molecule has 0 aromatic heterocycles. The molecule has 1 aromatic rings. The molecule has 0 saturated carbocycles. The van der Waals surface area contributed by atoms with Crippen molar-refractivity contribution in [2.24, 2.45) is 11.8 Å². The average Bonchev–Trinajstić information content (AvgIpc) is 2.34. The van der Waals surface area contributed by atoms with Crippen LogP contribution in [0.3, 0.4) is 0 Å². The monoisotopic (exact) mass is 246 g/mol. The predicted octanol–water partition coefficient (Wildman–Crippen LogP) is 5.09. The highest BCUT2D eigenvalue weighted by atomic mass is 16.5. The van der Waals surface area contributed by atoms with E-state index in [0.717, 1.165) is 17.2 Å². The summed E-state index contributed by atoms with van der Waals surface area (Å²) in [5, 5.41) is 0. The van der Waals surface area contributed by atoms with Gasteiger partial charge in [0.25, 0.3) is 0 Å². The molecule has 1 heteroatoms. The van der Waals surface area contributed by atoms with E-state index in [1.807, 2.05) is 0 Å². The molecule has 0 spiro atoms. The van der Waals surface area contributed by atoms with Crippen LogP contribution in [0.2, 0.25) is 0 Å². The van der Waals surface area contributed by atoms with Gasteiger partial charge in [0.05, 0.1) is 7.11 Å². The molecule has 0 aliphatic carbocycles. The number of rotatable bonds is 6. The van der Waals surface area contributed by atoms with Crippen LogP contribution in [-0.4, -0.2) is 7.11 Å². The Kier molecular flexibility index (Phi) is 5.46. The van der Waals surface area contributed by atoms with E-state index in [0.29, 0.717) is 11.8 Å². The first-order chi connectivity index (χ1) is 8.45. The predicted molar refractivity (Wildman–Crippen MR) is 79.5 cm³/mol. The standard InChI is InChI=1S/C17H26O/c1-12(2)11-17(13(3)4)16-9-7-15(8-10-16)14(5)18-6/h7-10,12-13,17H,5,11H2,1-4,6H3. The van der Waals surface area contributed by atoms with Crippen LogP contribution in [-0.2, 0) is 4.74 Å². The van der Waals surface area contributed by atoms with Crippen LogP contribution in [0.25, 0.3) is 5.76 Å². The van der Waals surface area contributed by atoms with Gasteiger partial charge in [-0.15, -0.1) is 0 Å². The Hall–Kier alpha value is -1.24. The van der Waals surface area contributed by atoms with Gasteiger partial charge < -0.3 is 4.74 Å². The lowest BCUT2D eigenvalue weighted by molar-refractivity contribution is 0.371. The van der Waals surface area contributed by atoms with Crippen LogP contribution in [0.4, 0.5) is 0 Å². The van der Waals surface area contributed by atoms with Gasteiger partial charge in [0.15, 0.2) is 0 Å². The van der Waals surface area contributed by atoms with Crippen molar-refractivity contribution >= 4 is 5.76 Å². The summed E-state index contributed by atoms with van der Waals surface area (Å²) in [6.45, 7) is 13.1. The Bertz CT molecular complexity index is 373. The summed E-state index contributed by atoms with van der Waals surface area (Å²) in [7, 11) is 1.66. The van der Waals surface area contributed by atoms with Crippen molar-refractivity contribution in [2.45, 2.75) is 40.0 Å². The van der Waals surface area contributed by atoms with Crippen molar-refractivity contribution in [3.63, 3.8) is 0 Å². The van der Waals surface area contributed by atoms with Gasteiger partial charge >= 0.3 is 0 Å². The van der Waals surface area contributed by atoms with Crippen molar-refractivity contribution in [3.8, 4) is 0 Å². The molecule has 0 saturated heterocycles. The van der Waals surface area contributed by atoms with Crippen molar-refractivity contribution in [2.75, 3.05) is 7.11 Å². The van der Waals surface area contributed by atoms with Crippen molar-refractivity contribution in [1.29, 1.82) is 0 Å². The maximum atomic E-state index is 5.15. The topological polar surface area (TPSA) is 9.23 Å². The van der Waals surface area contributed by atoms with E-state index in [4.69, 9.17) is 4.74 Å². The van der Waals surface area contributed by atoms with E-state index in [1.54, 1.807) is 7.11 Å². The minimum Gasteiger partial charge on any atom is -0.497 e. The lowest BCUT2D eigenvalue weighted by atomic mass is 9.82. The fourth-order valence-corrected chi connectivity index (χ4v) is 2.34. The lowest BCUT2D eigenvalue weighted by Gasteiger charge is -2.23. The summed E-state index contributed by atoms with van der Waals surface area (Å²) >= 11 is 0. The van der Waals surface area contributed by atoms with E-state index in [9.17, 15) is 0 Å². The van der Waals surface area contributed by atoms with E-state index in [1.165, 1.54) is 12.0 Å². The molecule has 0 N–H and O–H groups in total. The Morgan fingerprint density at radius 1 is 1.11 bits per heavy atom. The van der Waals surface area contributed by atoms with Gasteiger partial charge in [0, 0.05) is 5.56 Å². The Morgan fingerprint density at radius 3 is 2.06 bits per heavy atom. The second-order valence-corrected chi connectivity index (χ2v) is 5.73. The van der Waals surface area contributed by atoms with Crippen LogP contribution >= 0.6 is 0 Å². The average molecular weight is 246 g/mol. The minimum atomic E-state index is 0.634. The van der Waals surface area contributed by atoms with Gasteiger partial charge in [0.1, 0.15) is 5.76 Å². The fraction of sp³-hybridized carbons (Fsp3) is 0.529. The highest BCUT2D eigenvalue weighted by Crippen LogP contribution is 2.31. The van der Waals surface area contributed by atoms with Gasteiger partial charge in [-0.1, -0.05) is 58.5 Å². The van der Waals surface area contributed by atoms with E-state index in [2.05, 4.69) is 58.5 Å². The molecule has 1 aromatic carbocycles. The molecule has 0 bridgehead atoms. The third-order valence-corrected chi connectivity index (χ3v) is 3.44. The molecule has 0 aliphatic heterocycles. The van der Waals surface area contributed by atoms with Crippen molar-refractivity contribution in [1.82, 2.24) is 0 Å². The molecule has 100 valence electrons. The van der Waals surface area contributed by atoms with Crippen LogP contribution < -0.4 is 0 Å². The zero-order chi connectivity index (χ0) is 13.7. The van der Waals surface area contributed by atoms with Crippen molar-refractivity contribution in [3.05, 3.63) is 42.0 Å². The van der Waals surface area contributed by atoms with Gasteiger partial charge in [-0.3, -0.25) is 0 Å². The zero-order valence-electron chi connectivity index (χ0n) is 12.4. The molecular formula is C17H26O. The Balaban J connectivity index is 2.90. The number of ether oxygens (including phenoxy) is 1. The fourth-order valence-electron chi connectivity index (χ4n) is 2.34. The summed E-state index contributed by atoms with van der Waals surface area (Å²) in [5.74, 6) is 2.76. The lowest BCUT2D eigenvalue weighted by Crippen LogP contribution is -2.09. The Morgan fingerprint density at radius 2 is 1.67 bits per heavy atom. The van der Waals surface area contributed by atoms with E-state index >= 15 is 0 Å². The van der Waals surface area contributed by atoms with Crippen molar-refractivity contribution < 1.29 is 4.74 Å². The molecule has 1 rings (SSSR count). The molecule has 0 radical (unpaired) electrons. The van der Waals surface area contributed by atoms with Crippen LogP contribution in [0, 0.1) is 11.8 Å². The zero-order valence-corrected chi connectivity index (χ0v) is 12.4. The summed E-state index contributed by atoms with van der Waals surface area (Å²) in [6, 6.07) is 8.65. The van der Waals surface area contributed by atoms with Gasteiger partial charge in [-0.2, -0.15) is 0 Å². The highest BCUT2D eigenvalue weighted by molar-refractivity contribution is 5.57. The largest absolute Gasteiger partial charge is 0.497 e. The SMILES string of the molecule is C=C(OC)c1ccc(C(CC(C)C)C(C)C)cc1. The van der Waals surface area contributed by atoms with Gasteiger partial charge in [-0.05, 0) is 29.7 Å². The third kappa shape index (κ3) is 3.90. The first-order valence-corrected chi connectivity index (χ1v) is 6.79. The van der Waals surface area contributed by atoms with E-state index < -0.39 is 0 Å². The molecule has 18 heavy (non-hydrogen) atoms. The summed E-state index contributed by atoms with van der Waals surface area (Å²) in [5.41, 5.74) is 2.49. The highest BCUT2D eigenvalue weighted by Gasteiger charge is 2.17. The van der Waals surface area contributed by atoms with E-state index in [-0.39, 0.29) is 0 Å². The second kappa shape index (κ2) is 6.63. The molecule has 0 heterocycles. The molecule has 1 atom stereocenters. The molecule has 1 nitrogen and oxygen atoms in total. The summed E-state index contributed by atoms with van der Waals surface area (Å²) in [4.78, 5) is 0. The molecular weight excluding hydrogens is 220 g/mol. The normalized spacial score (nSPS) is 12.8. The Labute approximate surface area is 112 Å². The first kappa shape index (κ1) is 14.8. The number of hydrogen-bond donors (Lipinski definition) is 0. The summed E-state index contributed by atoms with van der Waals surface area (Å²) < 4.78 is 5.15. The number of hydrogen-bond acceptors (Lipinski definition) is 1. The van der Waals surface area contributed by atoms with Crippen LogP contribution in [0.15, 0.2) is 30.8 Å². The summed E-state index contributed by atoms with van der Waals surface area (Å²) in [6.07, 6.45) is 1.24. The number of benzene rings is 1. The minimum absolute atomic E-state index is 0.634. The van der Waals surface area contributed by atoms with Crippen LogP contribution in [0.1, 0.15) is 51.2 Å². The number of methoxy groups -OCH3 is 1. The quantitative estimate of drug-likeness (QED) is 0.635. The smallest absolute Gasteiger partial charge is 0.118 e. The third-order valence-electron chi connectivity index (χ3n) is 3.44. The molecule has 0 amide bonds. The maximum Gasteiger partial charge on any atom is 0.118 e. The molecule has 0 fully saturated rings. The second-order valence-electron chi connectivity index (χ2n) is 5.73. The maximum absolute atomic E-state index is 5.15. The molecule has 1 unspecified atom stereocenters. The molecule has 0 aliphatic rings.